The molecule has 0 saturated carbocycles. The van der Waals surface area contributed by atoms with Crippen LogP contribution in [0, 0.1) is 11.9 Å². The fourth-order valence-electron chi connectivity index (χ4n) is 0.643. The lowest BCUT2D eigenvalue weighted by Crippen LogP contribution is -2.00. The lowest BCUT2D eigenvalue weighted by Gasteiger charge is -2.01. The van der Waals surface area contributed by atoms with Gasteiger partial charge in [-0.25, -0.2) is 9.97 Å². The molecule has 0 fully saturated rings. The highest BCUT2D eigenvalue weighted by atomic mass is 19.2. The van der Waals surface area contributed by atoms with Crippen molar-refractivity contribution in [3.05, 3.63) is 23.8 Å². The van der Waals surface area contributed by atoms with Crippen molar-refractivity contribution in [3.8, 4) is 0 Å². The fraction of sp³-hybridized carbons (Fsp3) is 0.429. The molecule has 4 heteroatoms. The van der Waals surface area contributed by atoms with E-state index in [0.717, 1.165) is 0 Å². The van der Waals surface area contributed by atoms with Gasteiger partial charge in [0.15, 0.2) is 0 Å². The van der Waals surface area contributed by atoms with Crippen LogP contribution in [0.3, 0.4) is 0 Å². The smallest absolute Gasteiger partial charge is 0.222 e. The van der Waals surface area contributed by atoms with E-state index in [1.165, 1.54) is 6.20 Å². The molecule has 1 heterocycles. The Hall–Kier alpha value is -1.06. The predicted molar refractivity (Wildman–Crippen MR) is 36.0 cm³/mol. The van der Waals surface area contributed by atoms with Gasteiger partial charge in [0.2, 0.25) is 0 Å². The molecule has 0 bridgehead atoms. The maximum absolute atomic E-state index is 12.4. The Morgan fingerprint density at radius 1 is 1.27 bits per heavy atom. The van der Waals surface area contributed by atoms with Gasteiger partial charge in [-0.3, -0.25) is 0 Å². The summed E-state index contributed by atoms with van der Waals surface area (Å²) in [7, 11) is 0. The third-order valence-corrected chi connectivity index (χ3v) is 1.30. The minimum atomic E-state index is -1.14. The zero-order valence-corrected chi connectivity index (χ0v) is 6.31. The molecular formula is C7H8F2N2. The normalized spacial score (nSPS) is 10.6. The summed E-state index contributed by atoms with van der Waals surface area (Å²) in [6, 6.07) is 0. The second-order valence-corrected chi connectivity index (χ2v) is 2.53. The molecule has 11 heavy (non-hydrogen) atoms. The predicted octanol–water partition coefficient (Wildman–Crippen LogP) is 1.88. The molecule has 1 aromatic heterocycles. The molecule has 1 aromatic rings. The molecule has 1 rings (SSSR count). The Morgan fingerprint density at radius 2 is 1.91 bits per heavy atom. The van der Waals surface area contributed by atoms with Crippen LogP contribution in [0.15, 0.2) is 6.20 Å². The van der Waals surface area contributed by atoms with Crippen LogP contribution in [0.5, 0.6) is 0 Å². The first-order valence-corrected chi connectivity index (χ1v) is 3.29. The molecule has 0 N–H and O–H groups in total. The largest absolute Gasteiger partial charge is 0.268 e. The van der Waals surface area contributed by atoms with Gasteiger partial charge in [0, 0.05) is 0 Å². The molecule has 0 radical (unpaired) electrons. The molecule has 0 aliphatic carbocycles. The number of hydrogen-bond acceptors (Lipinski definition) is 2. The third-order valence-electron chi connectivity index (χ3n) is 1.30. The average molecular weight is 158 g/mol. The quantitative estimate of drug-likeness (QED) is 0.623. The summed E-state index contributed by atoms with van der Waals surface area (Å²) in [4.78, 5) is 6.56. The van der Waals surface area contributed by atoms with Gasteiger partial charge in [-0.1, -0.05) is 13.8 Å². The van der Waals surface area contributed by atoms with E-state index in [2.05, 4.69) is 9.97 Å². The molecule has 0 saturated heterocycles. The number of halogens is 2. The van der Waals surface area contributed by atoms with Crippen molar-refractivity contribution in [3.63, 3.8) is 0 Å². The van der Waals surface area contributed by atoms with Crippen molar-refractivity contribution < 1.29 is 8.78 Å². The highest BCUT2D eigenvalue weighted by Gasteiger charge is 2.07. The first-order valence-electron chi connectivity index (χ1n) is 3.29. The lowest BCUT2D eigenvalue weighted by molar-refractivity contribution is 0.445. The third kappa shape index (κ3) is 1.69. The Balaban J connectivity index is 3.05. The summed E-state index contributed by atoms with van der Waals surface area (Å²) in [5.74, 6) is -2.21. The Morgan fingerprint density at radius 3 is 2.36 bits per heavy atom. The zero-order valence-electron chi connectivity index (χ0n) is 6.31. The van der Waals surface area contributed by atoms with E-state index in [-0.39, 0.29) is 5.92 Å². The number of nitrogens with zero attached hydrogens (tertiary/aromatic N) is 2. The second-order valence-electron chi connectivity index (χ2n) is 2.53. The van der Waals surface area contributed by atoms with Crippen molar-refractivity contribution in [2.75, 3.05) is 0 Å². The lowest BCUT2D eigenvalue weighted by atomic mass is 10.1. The molecule has 0 aliphatic heterocycles. The molecule has 0 atom stereocenters. The molecule has 0 unspecified atom stereocenters. The van der Waals surface area contributed by atoms with Crippen molar-refractivity contribution in [1.82, 2.24) is 9.97 Å². The van der Waals surface area contributed by atoms with Gasteiger partial charge < -0.3 is 0 Å². The first-order chi connectivity index (χ1) is 5.11. The van der Waals surface area contributed by atoms with Crippen LogP contribution in [0.1, 0.15) is 25.5 Å². The van der Waals surface area contributed by atoms with Crippen molar-refractivity contribution in [2.45, 2.75) is 19.8 Å². The highest BCUT2D eigenvalue weighted by Crippen LogP contribution is 2.10. The molecule has 0 aromatic carbocycles. The van der Waals surface area contributed by atoms with Gasteiger partial charge >= 0.3 is 0 Å². The minimum Gasteiger partial charge on any atom is -0.222 e. The van der Waals surface area contributed by atoms with Gasteiger partial charge in [0.25, 0.3) is 11.9 Å². The monoisotopic (exact) mass is 158 g/mol. The van der Waals surface area contributed by atoms with E-state index in [9.17, 15) is 8.78 Å². The van der Waals surface area contributed by atoms with E-state index in [4.69, 9.17) is 0 Å². The van der Waals surface area contributed by atoms with Gasteiger partial charge in [-0.2, -0.15) is 8.78 Å². The standard InChI is InChI=1S/C7H8F2N2/c1-4(2)5-3-10-6(8)7(9)11-5/h3-4H,1-2H3. The molecule has 0 amide bonds. The molecule has 0 aliphatic rings. The van der Waals surface area contributed by atoms with E-state index in [0.29, 0.717) is 5.69 Å². The fourth-order valence-corrected chi connectivity index (χ4v) is 0.643. The van der Waals surface area contributed by atoms with Crippen LogP contribution in [0.4, 0.5) is 8.78 Å². The van der Waals surface area contributed by atoms with Crippen LogP contribution < -0.4 is 0 Å². The first kappa shape index (κ1) is 8.04. The zero-order chi connectivity index (χ0) is 8.43. The van der Waals surface area contributed by atoms with Crippen LogP contribution in [0.2, 0.25) is 0 Å². The number of hydrogen-bond donors (Lipinski definition) is 0. The summed E-state index contributed by atoms with van der Waals surface area (Å²) >= 11 is 0. The van der Waals surface area contributed by atoms with Crippen LogP contribution in [0.25, 0.3) is 0 Å². The molecule has 2 nitrogen and oxygen atoms in total. The van der Waals surface area contributed by atoms with Crippen molar-refractivity contribution in [2.24, 2.45) is 0 Å². The maximum Gasteiger partial charge on any atom is 0.268 e. The summed E-state index contributed by atoms with van der Waals surface area (Å²) in [5.41, 5.74) is 0.462. The summed E-state index contributed by atoms with van der Waals surface area (Å²) in [6.07, 6.45) is 1.24. The Kier molecular flexibility index (Phi) is 2.12. The van der Waals surface area contributed by atoms with E-state index >= 15 is 0 Å². The van der Waals surface area contributed by atoms with Crippen LogP contribution in [-0.4, -0.2) is 9.97 Å². The van der Waals surface area contributed by atoms with E-state index < -0.39 is 11.9 Å². The molecule has 0 spiro atoms. The van der Waals surface area contributed by atoms with Crippen molar-refractivity contribution in [1.29, 1.82) is 0 Å². The topological polar surface area (TPSA) is 25.8 Å². The average Bonchev–Trinajstić information content (AvgIpc) is 1.94. The maximum atomic E-state index is 12.4. The van der Waals surface area contributed by atoms with Crippen LogP contribution in [-0.2, 0) is 0 Å². The number of aromatic nitrogens is 2. The summed E-state index contributed by atoms with van der Waals surface area (Å²) in [6.45, 7) is 3.67. The SMILES string of the molecule is CC(C)c1cnc(F)c(F)n1. The molecule has 60 valence electrons. The number of rotatable bonds is 1. The molecular weight excluding hydrogens is 150 g/mol. The van der Waals surface area contributed by atoms with E-state index in [1.807, 2.05) is 13.8 Å². The van der Waals surface area contributed by atoms with Gasteiger partial charge in [-0.05, 0) is 5.92 Å². The van der Waals surface area contributed by atoms with Gasteiger partial charge in [0.05, 0.1) is 11.9 Å². The minimum absolute atomic E-state index is 0.0672. The highest BCUT2D eigenvalue weighted by molar-refractivity contribution is 5.01. The Bertz CT molecular complexity index is 261. The van der Waals surface area contributed by atoms with Crippen molar-refractivity contribution >= 4 is 0 Å². The summed E-state index contributed by atoms with van der Waals surface area (Å²) in [5, 5.41) is 0. The Labute approximate surface area is 63.3 Å². The van der Waals surface area contributed by atoms with Gasteiger partial charge in [0.1, 0.15) is 0 Å². The van der Waals surface area contributed by atoms with Gasteiger partial charge in [-0.15, -0.1) is 0 Å². The summed E-state index contributed by atoms with van der Waals surface area (Å²) < 4.78 is 24.6. The van der Waals surface area contributed by atoms with E-state index in [1.54, 1.807) is 0 Å². The second kappa shape index (κ2) is 2.90. The van der Waals surface area contributed by atoms with Crippen LogP contribution >= 0.6 is 0 Å².